The second kappa shape index (κ2) is 7.37. The fraction of sp³-hybridized carbons (Fsp3) is 0.300. The normalized spacial score (nSPS) is 27.6. The lowest BCUT2D eigenvalue weighted by Gasteiger charge is -2.43. The number of phenolic OH excluding ortho intramolecular Hbond substituents is 1. The van der Waals surface area contributed by atoms with Gasteiger partial charge in [-0.1, -0.05) is 36.4 Å². The molecule has 2 aliphatic heterocycles. The van der Waals surface area contributed by atoms with Gasteiger partial charge in [0.15, 0.2) is 17.3 Å². The van der Waals surface area contributed by atoms with Crippen molar-refractivity contribution in [3.05, 3.63) is 93.6 Å². The van der Waals surface area contributed by atoms with Crippen LogP contribution in [0, 0.1) is 5.92 Å². The average Bonchev–Trinajstić information content (AvgIpc) is 2.80. The highest BCUT2D eigenvalue weighted by Crippen LogP contribution is 2.51. The van der Waals surface area contributed by atoms with E-state index in [2.05, 4.69) is 0 Å². The van der Waals surface area contributed by atoms with Gasteiger partial charge in [0.2, 0.25) is 0 Å². The molecule has 2 aromatic rings. The molecule has 36 heavy (non-hydrogen) atoms. The van der Waals surface area contributed by atoms with Gasteiger partial charge in [-0.25, -0.2) is 0 Å². The molecule has 0 spiro atoms. The summed E-state index contributed by atoms with van der Waals surface area (Å²) in [7, 11) is 0. The largest absolute Gasteiger partial charge is 0.508 e. The molecule has 182 valence electrons. The van der Waals surface area contributed by atoms with Crippen molar-refractivity contribution in [2.75, 3.05) is 0 Å². The maximum absolute atomic E-state index is 14.0. The number of rotatable bonds is 0. The number of aromatic hydroxyl groups is 1. The Morgan fingerprint density at radius 3 is 2.42 bits per heavy atom. The number of Topliss-reactive ketones (excluding diaryl/α,β-unsaturated/α-hetero) is 3. The third-order valence-corrected chi connectivity index (χ3v) is 7.26. The Balaban J connectivity index is 1.70. The zero-order valence-electron chi connectivity index (χ0n) is 20.5. The molecule has 2 atom stereocenters. The van der Waals surface area contributed by atoms with Crippen molar-refractivity contribution in [1.29, 1.82) is 0 Å². The molecule has 2 heterocycles. The SMILES string of the molecule is CC1(C)C=CC2C(=C3C(=O)c4ccc(O)cc4C4=C3C(=O)CC(C)(C)O4)C(=O)c3ccccc3C2O1. The summed E-state index contributed by atoms with van der Waals surface area (Å²) in [5, 5.41) is 10.2. The van der Waals surface area contributed by atoms with E-state index in [4.69, 9.17) is 9.47 Å². The minimum absolute atomic E-state index is 0.0440. The van der Waals surface area contributed by atoms with Crippen LogP contribution >= 0.6 is 0 Å². The van der Waals surface area contributed by atoms with Crippen molar-refractivity contribution in [3.8, 4) is 5.75 Å². The standard InChI is InChI=1S/C30H26O6/c1-29(2)12-11-19-22(25(33)16-7-5-6-8-18(16)27(19)35-29)24-23-21(32)14-30(3,4)36-28(23)20-13-15(31)9-10-17(20)26(24)34/h5-13,19,27,31H,14H2,1-4H3. The number of ether oxygens (including phenoxy) is 2. The van der Waals surface area contributed by atoms with Gasteiger partial charge < -0.3 is 14.6 Å². The van der Waals surface area contributed by atoms with Gasteiger partial charge in [-0.05, 0) is 51.5 Å². The summed E-state index contributed by atoms with van der Waals surface area (Å²) in [5.74, 6) is -1.36. The van der Waals surface area contributed by atoms with Crippen LogP contribution in [0.5, 0.6) is 5.75 Å². The first-order valence-electron chi connectivity index (χ1n) is 12.1. The molecule has 0 bridgehead atoms. The van der Waals surface area contributed by atoms with Gasteiger partial charge in [-0.15, -0.1) is 0 Å². The van der Waals surface area contributed by atoms with Crippen molar-refractivity contribution < 1.29 is 29.0 Å². The first-order chi connectivity index (χ1) is 17.0. The first-order valence-corrected chi connectivity index (χ1v) is 12.1. The molecule has 6 heteroatoms. The highest BCUT2D eigenvalue weighted by Gasteiger charge is 2.49. The van der Waals surface area contributed by atoms with Crippen LogP contribution in [0.2, 0.25) is 0 Å². The number of fused-ring (bicyclic) bond motifs is 5. The van der Waals surface area contributed by atoms with Gasteiger partial charge in [0.05, 0.1) is 23.7 Å². The molecule has 0 amide bonds. The fourth-order valence-corrected chi connectivity index (χ4v) is 5.74. The molecular weight excluding hydrogens is 456 g/mol. The topological polar surface area (TPSA) is 89.9 Å². The van der Waals surface area contributed by atoms with E-state index >= 15 is 0 Å². The zero-order valence-corrected chi connectivity index (χ0v) is 20.5. The van der Waals surface area contributed by atoms with E-state index in [0.29, 0.717) is 11.1 Å². The molecular formula is C30H26O6. The minimum atomic E-state index is -0.807. The van der Waals surface area contributed by atoms with E-state index in [9.17, 15) is 19.5 Å². The lowest BCUT2D eigenvalue weighted by atomic mass is 9.68. The lowest BCUT2D eigenvalue weighted by Crippen LogP contribution is -2.41. The summed E-state index contributed by atoms with van der Waals surface area (Å²) in [6.07, 6.45) is 3.38. The van der Waals surface area contributed by atoms with Crippen molar-refractivity contribution >= 4 is 23.1 Å². The van der Waals surface area contributed by atoms with Crippen LogP contribution in [0.15, 0.2) is 71.3 Å². The van der Waals surface area contributed by atoms with E-state index in [0.717, 1.165) is 5.56 Å². The van der Waals surface area contributed by atoms with E-state index in [-0.39, 0.29) is 51.8 Å². The number of carbonyl (C=O) groups excluding carboxylic acids is 3. The quantitative estimate of drug-likeness (QED) is 0.406. The number of benzene rings is 2. The lowest BCUT2D eigenvalue weighted by molar-refractivity contribution is -0.120. The van der Waals surface area contributed by atoms with Gasteiger partial charge in [0.1, 0.15) is 17.1 Å². The van der Waals surface area contributed by atoms with Gasteiger partial charge >= 0.3 is 0 Å². The Bertz CT molecular complexity index is 1480. The van der Waals surface area contributed by atoms with Crippen LogP contribution in [-0.4, -0.2) is 33.7 Å². The predicted octanol–water partition coefficient (Wildman–Crippen LogP) is 5.28. The number of phenols is 1. The monoisotopic (exact) mass is 482 g/mol. The average molecular weight is 483 g/mol. The van der Waals surface area contributed by atoms with Crippen LogP contribution < -0.4 is 0 Å². The summed E-state index contributed by atoms with van der Waals surface area (Å²) in [4.78, 5) is 41.7. The molecule has 6 nitrogen and oxygen atoms in total. The Kier molecular flexibility index (Phi) is 4.64. The molecule has 0 radical (unpaired) electrons. The molecule has 6 rings (SSSR count). The molecule has 4 aliphatic rings. The van der Waals surface area contributed by atoms with Crippen LogP contribution in [0.1, 0.15) is 72.1 Å². The molecule has 1 N–H and O–H groups in total. The summed E-state index contributed by atoms with van der Waals surface area (Å²) in [5.41, 5.74) is 0.928. The fourth-order valence-electron chi connectivity index (χ4n) is 5.74. The first kappa shape index (κ1) is 22.7. The summed E-state index contributed by atoms with van der Waals surface area (Å²) < 4.78 is 12.7. The van der Waals surface area contributed by atoms with E-state index in [1.165, 1.54) is 18.2 Å². The summed E-state index contributed by atoms with van der Waals surface area (Å²) in [6.45, 7) is 7.50. The van der Waals surface area contributed by atoms with Crippen LogP contribution in [-0.2, 0) is 14.3 Å². The Morgan fingerprint density at radius 1 is 0.889 bits per heavy atom. The highest BCUT2D eigenvalue weighted by molar-refractivity contribution is 6.30. The Labute approximate surface area is 208 Å². The van der Waals surface area contributed by atoms with Gasteiger partial charge in [0, 0.05) is 33.8 Å². The van der Waals surface area contributed by atoms with Crippen molar-refractivity contribution in [3.63, 3.8) is 0 Å². The molecule has 2 aromatic carbocycles. The second-order valence-electron chi connectivity index (χ2n) is 11.0. The van der Waals surface area contributed by atoms with Crippen LogP contribution in [0.25, 0.3) is 5.76 Å². The Morgan fingerprint density at radius 2 is 1.64 bits per heavy atom. The third kappa shape index (κ3) is 3.24. The molecule has 2 unspecified atom stereocenters. The molecule has 0 aromatic heterocycles. The summed E-state index contributed by atoms with van der Waals surface area (Å²) >= 11 is 0. The van der Waals surface area contributed by atoms with Crippen molar-refractivity contribution in [2.45, 2.75) is 51.4 Å². The zero-order chi connectivity index (χ0) is 25.6. The van der Waals surface area contributed by atoms with Gasteiger partial charge in [-0.2, -0.15) is 0 Å². The Hall–Kier alpha value is -3.77. The van der Waals surface area contributed by atoms with Gasteiger partial charge in [0.25, 0.3) is 0 Å². The van der Waals surface area contributed by atoms with Crippen molar-refractivity contribution in [2.24, 2.45) is 5.92 Å². The smallest absolute Gasteiger partial charge is 0.195 e. The van der Waals surface area contributed by atoms with Crippen LogP contribution in [0.3, 0.4) is 0 Å². The molecule has 2 aliphatic carbocycles. The van der Waals surface area contributed by atoms with Crippen LogP contribution in [0.4, 0.5) is 0 Å². The van der Waals surface area contributed by atoms with Gasteiger partial charge in [-0.3, -0.25) is 14.4 Å². The van der Waals surface area contributed by atoms with E-state index in [1.54, 1.807) is 26.0 Å². The maximum Gasteiger partial charge on any atom is 0.195 e. The number of hydrogen-bond donors (Lipinski definition) is 1. The molecule has 0 fully saturated rings. The van der Waals surface area contributed by atoms with Crippen molar-refractivity contribution in [1.82, 2.24) is 0 Å². The third-order valence-electron chi connectivity index (χ3n) is 7.26. The minimum Gasteiger partial charge on any atom is -0.508 e. The highest BCUT2D eigenvalue weighted by atomic mass is 16.5. The second-order valence-corrected chi connectivity index (χ2v) is 11.0. The molecule has 0 saturated heterocycles. The number of allylic oxidation sites excluding steroid dienone is 2. The number of hydrogen-bond acceptors (Lipinski definition) is 6. The van der Waals surface area contributed by atoms with E-state index in [1.807, 2.05) is 38.1 Å². The molecule has 0 saturated carbocycles. The van der Waals surface area contributed by atoms with E-state index < -0.39 is 29.0 Å². The number of ketones is 3. The maximum atomic E-state index is 14.0. The predicted molar refractivity (Wildman–Crippen MR) is 132 cm³/mol. The number of carbonyl (C=O) groups is 3. The summed E-state index contributed by atoms with van der Waals surface area (Å²) in [6, 6.07) is 11.6.